The Bertz CT molecular complexity index is 225. The number of aromatic nitrogens is 1. The van der Waals surface area contributed by atoms with Gasteiger partial charge in [0.25, 0.3) is 5.56 Å². The van der Waals surface area contributed by atoms with E-state index in [0.717, 1.165) is 0 Å². The van der Waals surface area contributed by atoms with Crippen molar-refractivity contribution in [3.05, 3.63) is 20.8 Å². The predicted molar refractivity (Wildman–Crippen MR) is 40.3 cm³/mol. The van der Waals surface area contributed by atoms with Crippen molar-refractivity contribution in [2.24, 2.45) is 7.05 Å². The summed E-state index contributed by atoms with van der Waals surface area (Å²) in [4.78, 5) is 10.6. The van der Waals surface area contributed by atoms with Crippen LogP contribution in [0, 0.1) is 0 Å². The number of aryl methyl sites for hydroxylation is 1. The SMILES string of the molecule is Cn1scc(Cl)c1=O.[Cl-].[Cl-].[Mg+2]. The molecule has 0 atom stereocenters. The van der Waals surface area contributed by atoms with Crippen molar-refractivity contribution in [2.45, 2.75) is 0 Å². The van der Waals surface area contributed by atoms with E-state index in [-0.39, 0.29) is 53.4 Å². The Morgan fingerprint density at radius 3 is 2.09 bits per heavy atom. The van der Waals surface area contributed by atoms with E-state index in [2.05, 4.69) is 0 Å². The Labute approximate surface area is 102 Å². The molecule has 0 amide bonds. The summed E-state index contributed by atoms with van der Waals surface area (Å²) < 4.78 is 1.47. The van der Waals surface area contributed by atoms with Crippen molar-refractivity contribution >= 4 is 46.2 Å². The zero-order valence-corrected chi connectivity index (χ0v) is 10.2. The van der Waals surface area contributed by atoms with Gasteiger partial charge in [-0.1, -0.05) is 23.1 Å². The molecule has 1 aromatic heterocycles. The van der Waals surface area contributed by atoms with Crippen LogP contribution < -0.4 is 30.4 Å². The van der Waals surface area contributed by atoms with Crippen LogP contribution in [0.2, 0.25) is 5.02 Å². The molecular formula is C4H4Cl3MgNOS. The minimum absolute atomic E-state index is 0. The maximum atomic E-state index is 10.6. The van der Waals surface area contributed by atoms with Crippen LogP contribution in [0.5, 0.6) is 0 Å². The van der Waals surface area contributed by atoms with Crippen molar-refractivity contribution in [1.29, 1.82) is 0 Å². The number of nitrogens with zero attached hydrogens (tertiary/aromatic N) is 1. The van der Waals surface area contributed by atoms with E-state index >= 15 is 0 Å². The van der Waals surface area contributed by atoms with Crippen LogP contribution in [-0.2, 0) is 7.05 Å². The van der Waals surface area contributed by atoms with Gasteiger partial charge in [0.15, 0.2) is 0 Å². The topological polar surface area (TPSA) is 22.0 Å². The summed E-state index contributed by atoms with van der Waals surface area (Å²) in [5.41, 5.74) is -0.114. The van der Waals surface area contributed by atoms with Crippen molar-refractivity contribution in [3.8, 4) is 0 Å². The molecule has 0 bridgehead atoms. The average molecular weight is 245 g/mol. The van der Waals surface area contributed by atoms with Crippen molar-refractivity contribution in [1.82, 2.24) is 3.96 Å². The molecule has 0 spiro atoms. The normalized spacial score (nSPS) is 7.09. The molecule has 1 heterocycles. The predicted octanol–water partition coefficient (Wildman–Crippen LogP) is -5.27. The van der Waals surface area contributed by atoms with Crippen molar-refractivity contribution in [2.75, 3.05) is 0 Å². The fourth-order valence-electron chi connectivity index (χ4n) is 0.374. The first-order chi connectivity index (χ1) is 3.72. The first-order valence-electron chi connectivity index (χ1n) is 2.02. The smallest absolute Gasteiger partial charge is 1.00 e. The second-order valence-electron chi connectivity index (χ2n) is 1.37. The van der Waals surface area contributed by atoms with E-state index in [0.29, 0.717) is 5.02 Å². The average Bonchev–Trinajstić information content (AvgIpc) is 1.98. The van der Waals surface area contributed by atoms with Gasteiger partial charge in [0, 0.05) is 12.4 Å². The summed E-state index contributed by atoms with van der Waals surface area (Å²) in [6.45, 7) is 0. The Morgan fingerprint density at radius 2 is 2.00 bits per heavy atom. The Morgan fingerprint density at radius 1 is 1.55 bits per heavy atom. The minimum atomic E-state index is -0.114. The van der Waals surface area contributed by atoms with Crippen LogP contribution in [0.3, 0.4) is 0 Å². The van der Waals surface area contributed by atoms with Gasteiger partial charge in [-0.05, 0) is 0 Å². The zero-order valence-electron chi connectivity index (χ0n) is 5.68. The molecular weight excluding hydrogens is 241 g/mol. The number of hydrogen-bond donors (Lipinski definition) is 0. The molecule has 0 aromatic carbocycles. The van der Waals surface area contributed by atoms with E-state index in [1.165, 1.54) is 15.5 Å². The third kappa shape index (κ3) is 4.60. The fraction of sp³-hybridized carbons (Fsp3) is 0.250. The van der Waals surface area contributed by atoms with Crippen LogP contribution in [0.4, 0.5) is 0 Å². The second-order valence-corrected chi connectivity index (χ2v) is 2.78. The number of hydrogen-bond acceptors (Lipinski definition) is 2. The summed E-state index contributed by atoms with van der Waals surface area (Å²) in [6, 6.07) is 0. The van der Waals surface area contributed by atoms with Gasteiger partial charge in [0.1, 0.15) is 5.02 Å². The Kier molecular flexibility index (Phi) is 12.6. The first kappa shape index (κ1) is 18.0. The third-order valence-electron chi connectivity index (χ3n) is 0.805. The van der Waals surface area contributed by atoms with Gasteiger partial charge in [0.2, 0.25) is 0 Å². The van der Waals surface area contributed by atoms with Gasteiger partial charge in [0.05, 0.1) is 0 Å². The molecule has 60 valence electrons. The van der Waals surface area contributed by atoms with E-state index in [1.807, 2.05) is 0 Å². The van der Waals surface area contributed by atoms with E-state index < -0.39 is 0 Å². The van der Waals surface area contributed by atoms with Crippen LogP contribution in [0.1, 0.15) is 0 Å². The summed E-state index contributed by atoms with van der Waals surface area (Å²) in [7, 11) is 1.68. The van der Waals surface area contributed by atoms with Crippen LogP contribution in [0.25, 0.3) is 0 Å². The molecule has 0 aliphatic heterocycles. The maximum Gasteiger partial charge on any atom is 2.00 e. The first-order valence-corrected chi connectivity index (χ1v) is 3.24. The molecule has 2 nitrogen and oxygen atoms in total. The molecule has 0 fully saturated rings. The molecule has 0 saturated heterocycles. The monoisotopic (exact) mass is 243 g/mol. The zero-order chi connectivity index (χ0) is 6.15. The Hall–Kier alpha value is 1.07. The van der Waals surface area contributed by atoms with Crippen LogP contribution in [0.15, 0.2) is 10.2 Å². The van der Waals surface area contributed by atoms with Crippen molar-refractivity contribution in [3.63, 3.8) is 0 Å². The molecule has 1 aromatic rings. The molecule has 0 aliphatic rings. The van der Waals surface area contributed by atoms with Gasteiger partial charge in [-0.15, -0.1) is 0 Å². The molecule has 7 heteroatoms. The molecule has 0 saturated carbocycles. The quantitative estimate of drug-likeness (QED) is 0.418. The third-order valence-corrected chi connectivity index (χ3v) is 2.03. The van der Waals surface area contributed by atoms with Crippen LogP contribution in [-0.4, -0.2) is 27.0 Å². The van der Waals surface area contributed by atoms with Gasteiger partial charge in [-0.2, -0.15) is 0 Å². The summed E-state index contributed by atoms with van der Waals surface area (Å²) >= 11 is 6.71. The van der Waals surface area contributed by atoms with Crippen LogP contribution >= 0.6 is 23.1 Å². The van der Waals surface area contributed by atoms with E-state index in [9.17, 15) is 4.79 Å². The molecule has 0 radical (unpaired) electrons. The molecule has 11 heavy (non-hydrogen) atoms. The molecule has 1 rings (SSSR count). The van der Waals surface area contributed by atoms with E-state index in [4.69, 9.17) is 11.6 Å². The molecule has 0 N–H and O–H groups in total. The maximum absolute atomic E-state index is 10.6. The standard InChI is InChI=1S/C4H4ClNOS.2ClH.Mg/c1-6-4(7)3(5)2-8-6;;;/h2H,1H3;2*1H;/q;;;+2/p-2. The fourth-order valence-corrected chi connectivity index (χ4v) is 1.22. The van der Waals surface area contributed by atoms with Gasteiger partial charge in [-0.3, -0.25) is 8.75 Å². The van der Waals surface area contributed by atoms with Gasteiger partial charge in [-0.25, -0.2) is 0 Å². The van der Waals surface area contributed by atoms with Crippen molar-refractivity contribution < 1.29 is 24.8 Å². The minimum Gasteiger partial charge on any atom is -1.00 e. The Balaban J connectivity index is -0.000000213. The number of rotatable bonds is 0. The van der Waals surface area contributed by atoms with Gasteiger partial charge >= 0.3 is 23.1 Å². The molecule has 0 unspecified atom stereocenters. The van der Waals surface area contributed by atoms with Gasteiger partial charge < -0.3 is 24.8 Å². The van der Waals surface area contributed by atoms with E-state index in [1.54, 1.807) is 12.4 Å². The molecule has 0 aliphatic carbocycles. The summed E-state index contributed by atoms with van der Waals surface area (Å²) in [6.07, 6.45) is 0. The second kappa shape index (κ2) is 7.70. The largest absolute Gasteiger partial charge is 2.00 e. The number of halogens is 3. The summed E-state index contributed by atoms with van der Waals surface area (Å²) in [5, 5.41) is 1.92. The summed E-state index contributed by atoms with van der Waals surface area (Å²) in [5.74, 6) is 0.